The van der Waals surface area contributed by atoms with E-state index >= 15 is 0 Å². The summed E-state index contributed by atoms with van der Waals surface area (Å²) in [6, 6.07) is 0.403. The van der Waals surface area contributed by atoms with Gasteiger partial charge in [0.25, 0.3) is 5.91 Å². The van der Waals surface area contributed by atoms with Gasteiger partial charge in [-0.25, -0.2) is 4.98 Å². The van der Waals surface area contributed by atoms with Crippen molar-refractivity contribution in [1.29, 1.82) is 0 Å². The van der Waals surface area contributed by atoms with Gasteiger partial charge in [-0.05, 0) is 42.9 Å². The summed E-state index contributed by atoms with van der Waals surface area (Å²) in [6.45, 7) is 4.07. The van der Waals surface area contributed by atoms with Gasteiger partial charge in [-0.3, -0.25) is 9.89 Å². The Morgan fingerprint density at radius 1 is 1.32 bits per heavy atom. The average molecular weight is 260 g/mol. The third-order valence-corrected chi connectivity index (χ3v) is 5.29. The number of H-pyrrole nitrogens is 1. The highest BCUT2D eigenvalue weighted by atomic mass is 16.2. The molecule has 4 rings (SSSR count). The first-order valence-electron chi connectivity index (χ1n) is 7.38. The van der Waals surface area contributed by atoms with Crippen molar-refractivity contribution >= 4 is 5.91 Å². The van der Waals surface area contributed by atoms with Crippen molar-refractivity contribution in [3.05, 3.63) is 11.6 Å². The summed E-state index contributed by atoms with van der Waals surface area (Å²) in [6.07, 6.45) is 4.15. The van der Waals surface area contributed by atoms with Gasteiger partial charge < -0.3 is 5.32 Å². The smallest absolute Gasteiger partial charge is 0.291 e. The molecule has 3 fully saturated rings. The number of aromatic amines is 1. The lowest BCUT2D eigenvalue weighted by atomic mass is 10.0. The Morgan fingerprint density at radius 3 is 2.58 bits per heavy atom. The molecular formula is C14H20N4O. The second-order valence-corrected chi connectivity index (χ2v) is 6.69. The zero-order valence-electron chi connectivity index (χ0n) is 11.4. The first-order valence-corrected chi connectivity index (χ1v) is 7.38. The monoisotopic (exact) mass is 260 g/mol. The molecule has 5 nitrogen and oxygen atoms in total. The van der Waals surface area contributed by atoms with Gasteiger partial charge in [0.05, 0.1) is 0 Å². The quantitative estimate of drug-likeness (QED) is 0.869. The Kier molecular flexibility index (Phi) is 2.29. The maximum absolute atomic E-state index is 12.1. The van der Waals surface area contributed by atoms with Crippen LogP contribution in [0.3, 0.4) is 0 Å². The Morgan fingerprint density at radius 2 is 2.00 bits per heavy atom. The minimum Gasteiger partial charge on any atom is -0.346 e. The highest BCUT2D eigenvalue weighted by Crippen LogP contribution is 2.65. The van der Waals surface area contributed by atoms with E-state index in [-0.39, 0.29) is 11.8 Å². The fourth-order valence-electron chi connectivity index (χ4n) is 4.37. The van der Waals surface area contributed by atoms with E-state index < -0.39 is 0 Å². The van der Waals surface area contributed by atoms with Gasteiger partial charge in [0.2, 0.25) is 5.82 Å². The molecule has 102 valence electrons. The Balaban J connectivity index is 1.42. The van der Waals surface area contributed by atoms with Crippen LogP contribution in [0.1, 0.15) is 55.5 Å². The van der Waals surface area contributed by atoms with E-state index in [9.17, 15) is 4.79 Å². The SMILES string of the molecule is CC(C)c1nc(C(=O)NC2C3C4CCC(C4)C23)n[nH]1. The van der Waals surface area contributed by atoms with Crippen molar-refractivity contribution in [2.45, 2.75) is 45.1 Å². The number of carbonyl (C=O) groups excluding carboxylic acids is 1. The Hall–Kier alpha value is -1.39. The summed E-state index contributed by atoms with van der Waals surface area (Å²) in [5.41, 5.74) is 0. The number of aromatic nitrogens is 3. The summed E-state index contributed by atoms with van der Waals surface area (Å²) < 4.78 is 0. The number of carbonyl (C=O) groups is 1. The van der Waals surface area contributed by atoms with Gasteiger partial charge in [-0.1, -0.05) is 13.8 Å². The van der Waals surface area contributed by atoms with Crippen molar-refractivity contribution in [1.82, 2.24) is 20.5 Å². The predicted molar refractivity (Wildman–Crippen MR) is 69.5 cm³/mol. The summed E-state index contributed by atoms with van der Waals surface area (Å²) in [7, 11) is 0. The molecule has 1 aromatic rings. The maximum Gasteiger partial charge on any atom is 0.291 e. The minimum atomic E-state index is -0.109. The zero-order valence-corrected chi connectivity index (χ0v) is 11.4. The topological polar surface area (TPSA) is 70.7 Å². The predicted octanol–water partition coefficient (Wildman–Crippen LogP) is 1.70. The number of hydrogen-bond acceptors (Lipinski definition) is 3. The molecule has 3 saturated carbocycles. The molecule has 1 heterocycles. The van der Waals surface area contributed by atoms with E-state index in [0.717, 1.165) is 29.5 Å². The van der Waals surface area contributed by atoms with Crippen LogP contribution >= 0.6 is 0 Å². The first kappa shape index (κ1) is 11.4. The third kappa shape index (κ3) is 1.63. The molecule has 0 radical (unpaired) electrons. The van der Waals surface area contributed by atoms with E-state index in [1.165, 1.54) is 19.3 Å². The molecule has 0 aromatic carbocycles. The van der Waals surface area contributed by atoms with Gasteiger partial charge >= 0.3 is 0 Å². The number of rotatable bonds is 3. The van der Waals surface area contributed by atoms with E-state index in [2.05, 4.69) is 20.5 Å². The summed E-state index contributed by atoms with van der Waals surface area (Å²) in [5.74, 6) is 4.49. The van der Waals surface area contributed by atoms with Crippen molar-refractivity contribution in [2.24, 2.45) is 23.7 Å². The lowest BCUT2D eigenvalue weighted by molar-refractivity contribution is 0.0934. The second-order valence-electron chi connectivity index (χ2n) is 6.69. The first-order chi connectivity index (χ1) is 9.15. The Labute approximate surface area is 112 Å². The normalized spacial score (nSPS) is 38.6. The van der Waals surface area contributed by atoms with Crippen LogP contribution in [-0.2, 0) is 0 Å². The van der Waals surface area contributed by atoms with Crippen LogP contribution in [0.5, 0.6) is 0 Å². The molecule has 0 saturated heterocycles. The number of amides is 1. The molecule has 3 aliphatic carbocycles. The lowest BCUT2D eigenvalue weighted by Gasteiger charge is -2.08. The zero-order chi connectivity index (χ0) is 13.1. The van der Waals surface area contributed by atoms with Crippen LogP contribution in [-0.4, -0.2) is 27.1 Å². The molecule has 5 heteroatoms. The highest BCUT2D eigenvalue weighted by Gasteiger charge is 2.65. The van der Waals surface area contributed by atoms with Crippen LogP contribution in [0.15, 0.2) is 0 Å². The largest absolute Gasteiger partial charge is 0.346 e. The van der Waals surface area contributed by atoms with Gasteiger partial charge in [-0.2, -0.15) is 0 Å². The van der Waals surface area contributed by atoms with Gasteiger partial charge in [-0.15, -0.1) is 5.10 Å². The fourth-order valence-corrected chi connectivity index (χ4v) is 4.37. The highest BCUT2D eigenvalue weighted by molar-refractivity contribution is 5.90. The van der Waals surface area contributed by atoms with E-state index in [1.807, 2.05) is 13.8 Å². The number of fused-ring (bicyclic) bond motifs is 5. The molecule has 1 amide bonds. The van der Waals surface area contributed by atoms with Crippen molar-refractivity contribution in [3.8, 4) is 0 Å². The van der Waals surface area contributed by atoms with Crippen LogP contribution in [0.4, 0.5) is 0 Å². The summed E-state index contributed by atoms with van der Waals surface area (Å²) in [4.78, 5) is 16.4. The number of hydrogen-bond donors (Lipinski definition) is 2. The molecule has 19 heavy (non-hydrogen) atoms. The van der Waals surface area contributed by atoms with E-state index in [0.29, 0.717) is 11.9 Å². The van der Waals surface area contributed by atoms with Crippen LogP contribution in [0, 0.1) is 23.7 Å². The molecule has 4 unspecified atom stereocenters. The molecule has 2 bridgehead atoms. The van der Waals surface area contributed by atoms with Crippen molar-refractivity contribution in [2.75, 3.05) is 0 Å². The van der Waals surface area contributed by atoms with E-state index in [1.54, 1.807) is 0 Å². The third-order valence-electron chi connectivity index (χ3n) is 5.29. The minimum absolute atomic E-state index is 0.109. The lowest BCUT2D eigenvalue weighted by Crippen LogP contribution is -2.30. The van der Waals surface area contributed by atoms with Crippen molar-refractivity contribution < 1.29 is 4.79 Å². The van der Waals surface area contributed by atoms with Crippen LogP contribution in [0.25, 0.3) is 0 Å². The van der Waals surface area contributed by atoms with Crippen LogP contribution in [0.2, 0.25) is 0 Å². The van der Waals surface area contributed by atoms with E-state index in [4.69, 9.17) is 0 Å². The summed E-state index contributed by atoms with van der Waals surface area (Å²) in [5, 5.41) is 10.00. The molecule has 0 aliphatic heterocycles. The molecule has 2 N–H and O–H groups in total. The van der Waals surface area contributed by atoms with Crippen LogP contribution < -0.4 is 5.32 Å². The van der Waals surface area contributed by atoms with Crippen molar-refractivity contribution in [3.63, 3.8) is 0 Å². The fraction of sp³-hybridized carbons (Fsp3) is 0.786. The standard InChI is InChI=1S/C14H20N4O/c1-6(2)12-16-13(18-17-12)14(19)15-11-9-7-3-4-8(5-7)10(9)11/h6-11H,3-5H2,1-2H3,(H,15,19)(H,16,17,18). The number of nitrogens with one attached hydrogen (secondary N) is 2. The second kappa shape index (κ2) is 3.81. The van der Waals surface area contributed by atoms with Gasteiger partial charge in [0.15, 0.2) is 0 Å². The molecular weight excluding hydrogens is 240 g/mol. The molecule has 3 aliphatic rings. The Bertz CT molecular complexity index is 507. The maximum atomic E-state index is 12.1. The van der Waals surface area contributed by atoms with Gasteiger partial charge in [0, 0.05) is 12.0 Å². The average Bonchev–Trinajstić information content (AvgIpc) is 2.87. The molecule has 0 spiro atoms. The molecule has 1 aromatic heterocycles. The molecule has 4 atom stereocenters. The summed E-state index contributed by atoms with van der Waals surface area (Å²) >= 11 is 0. The number of nitrogens with zero attached hydrogens (tertiary/aromatic N) is 2. The van der Waals surface area contributed by atoms with Gasteiger partial charge in [0.1, 0.15) is 5.82 Å².